The second kappa shape index (κ2) is 7.86. The van der Waals surface area contributed by atoms with Gasteiger partial charge in [-0.05, 0) is 47.2 Å². The van der Waals surface area contributed by atoms with E-state index in [1.54, 1.807) is 31.2 Å². The van der Waals surface area contributed by atoms with E-state index in [1.807, 2.05) is 30.3 Å². The maximum atomic E-state index is 12.9. The van der Waals surface area contributed by atoms with Crippen LogP contribution in [0.4, 0.5) is 5.69 Å². The highest BCUT2D eigenvalue weighted by atomic mass is 16.2. The standard InChI is InChI=1S/C21H20N6O3/c1-21(15-5-3-2-4-6-15)13-19(29)26(20(21)30)12-11-18(28)23-16-7-9-17(10-8-16)27-14-22-24-25-27/h2-10,14H,11-13H2,1H3,(H,23,28)/t21-/m1/s1. The molecule has 0 spiro atoms. The number of likely N-dealkylation sites (tertiary alicyclic amines) is 1. The van der Waals surface area contributed by atoms with Gasteiger partial charge >= 0.3 is 0 Å². The normalized spacial score (nSPS) is 18.6. The van der Waals surface area contributed by atoms with Crippen LogP contribution in [-0.4, -0.2) is 49.4 Å². The molecule has 2 aromatic carbocycles. The molecule has 1 aromatic heterocycles. The number of nitrogens with zero attached hydrogens (tertiary/aromatic N) is 5. The summed E-state index contributed by atoms with van der Waals surface area (Å²) in [7, 11) is 0. The second-order valence-corrected chi connectivity index (χ2v) is 7.32. The molecule has 152 valence electrons. The molecule has 0 saturated carbocycles. The Balaban J connectivity index is 1.36. The number of amides is 3. The molecule has 0 aliphatic carbocycles. The Bertz CT molecular complexity index is 1070. The topological polar surface area (TPSA) is 110 Å². The van der Waals surface area contributed by atoms with Crippen LogP contribution in [0, 0.1) is 0 Å². The average molecular weight is 404 g/mol. The van der Waals surface area contributed by atoms with Crippen molar-refractivity contribution < 1.29 is 14.4 Å². The molecule has 2 heterocycles. The molecule has 1 saturated heterocycles. The summed E-state index contributed by atoms with van der Waals surface area (Å²) in [5.74, 6) is -0.804. The SMILES string of the molecule is C[C@]1(c2ccccc2)CC(=O)N(CCC(=O)Nc2ccc(-n3cnnn3)cc2)C1=O. The van der Waals surface area contributed by atoms with E-state index in [2.05, 4.69) is 20.8 Å². The minimum Gasteiger partial charge on any atom is -0.326 e. The summed E-state index contributed by atoms with van der Waals surface area (Å²) in [6.45, 7) is 1.82. The first-order chi connectivity index (χ1) is 14.5. The fourth-order valence-electron chi connectivity index (χ4n) is 3.56. The molecular formula is C21H20N6O3. The third-order valence-electron chi connectivity index (χ3n) is 5.26. The zero-order valence-electron chi connectivity index (χ0n) is 16.4. The Hall–Kier alpha value is -3.88. The van der Waals surface area contributed by atoms with E-state index < -0.39 is 5.41 Å². The van der Waals surface area contributed by atoms with Gasteiger partial charge in [-0.2, -0.15) is 0 Å². The largest absolute Gasteiger partial charge is 0.326 e. The second-order valence-electron chi connectivity index (χ2n) is 7.32. The van der Waals surface area contributed by atoms with Crippen LogP contribution in [-0.2, 0) is 19.8 Å². The summed E-state index contributed by atoms with van der Waals surface area (Å²) in [4.78, 5) is 38.9. The Morgan fingerprint density at radius 3 is 2.50 bits per heavy atom. The molecule has 1 aliphatic heterocycles. The first kappa shape index (κ1) is 19.4. The van der Waals surface area contributed by atoms with Crippen LogP contribution >= 0.6 is 0 Å². The Morgan fingerprint density at radius 2 is 1.83 bits per heavy atom. The highest BCUT2D eigenvalue weighted by molar-refractivity contribution is 6.09. The van der Waals surface area contributed by atoms with Crippen LogP contribution in [0.5, 0.6) is 0 Å². The van der Waals surface area contributed by atoms with Crippen molar-refractivity contribution in [1.29, 1.82) is 0 Å². The molecule has 3 amide bonds. The average Bonchev–Trinajstić information content (AvgIpc) is 3.36. The highest BCUT2D eigenvalue weighted by Gasteiger charge is 2.49. The van der Waals surface area contributed by atoms with Gasteiger partial charge in [0.05, 0.1) is 11.1 Å². The van der Waals surface area contributed by atoms with E-state index in [9.17, 15) is 14.4 Å². The van der Waals surface area contributed by atoms with E-state index >= 15 is 0 Å². The summed E-state index contributed by atoms with van der Waals surface area (Å²) < 4.78 is 1.50. The van der Waals surface area contributed by atoms with Gasteiger partial charge in [-0.1, -0.05) is 30.3 Å². The lowest BCUT2D eigenvalue weighted by Crippen LogP contribution is -2.38. The van der Waals surface area contributed by atoms with Crippen LogP contribution in [0.25, 0.3) is 5.69 Å². The van der Waals surface area contributed by atoms with Gasteiger partial charge in [0.2, 0.25) is 17.7 Å². The molecule has 3 aromatic rings. The number of rotatable bonds is 6. The lowest BCUT2D eigenvalue weighted by atomic mass is 9.81. The molecule has 4 rings (SSSR count). The maximum Gasteiger partial charge on any atom is 0.240 e. The zero-order valence-corrected chi connectivity index (χ0v) is 16.4. The van der Waals surface area contributed by atoms with Gasteiger partial charge in [-0.15, -0.1) is 5.10 Å². The fraction of sp³-hybridized carbons (Fsp3) is 0.238. The number of tetrazole rings is 1. The van der Waals surface area contributed by atoms with E-state index in [4.69, 9.17) is 0 Å². The zero-order chi connectivity index (χ0) is 21.1. The van der Waals surface area contributed by atoms with Crippen molar-refractivity contribution in [3.63, 3.8) is 0 Å². The molecule has 9 nitrogen and oxygen atoms in total. The summed E-state index contributed by atoms with van der Waals surface area (Å²) in [5, 5.41) is 13.7. The number of carbonyl (C=O) groups excluding carboxylic acids is 3. The number of nitrogens with one attached hydrogen (secondary N) is 1. The smallest absolute Gasteiger partial charge is 0.240 e. The summed E-state index contributed by atoms with van der Waals surface area (Å²) >= 11 is 0. The number of hydrogen-bond donors (Lipinski definition) is 1. The van der Waals surface area contributed by atoms with Crippen LogP contribution in [0.1, 0.15) is 25.3 Å². The highest BCUT2D eigenvalue weighted by Crippen LogP contribution is 2.36. The summed E-state index contributed by atoms with van der Waals surface area (Å²) in [6.07, 6.45) is 1.61. The van der Waals surface area contributed by atoms with Crippen molar-refractivity contribution in [2.24, 2.45) is 0 Å². The number of imide groups is 1. The van der Waals surface area contributed by atoms with Crippen LogP contribution in [0.2, 0.25) is 0 Å². The number of hydrogen-bond acceptors (Lipinski definition) is 6. The van der Waals surface area contributed by atoms with Gasteiger partial charge in [-0.25, -0.2) is 4.68 Å². The van der Waals surface area contributed by atoms with Gasteiger partial charge in [0.1, 0.15) is 6.33 Å². The van der Waals surface area contributed by atoms with Crippen LogP contribution in [0.3, 0.4) is 0 Å². The van der Waals surface area contributed by atoms with Gasteiger partial charge in [-0.3, -0.25) is 19.3 Å². The van der Waals surface area contributed by atoms with Crippen molar-refractivity contribution in [2.75, 3.05) is 11.9 Å². The minimum atomic E-state index is -0.888. The molecular weight excluding hydrogens is 384 g/mol. The molecule has 0 bridgehead atoms. The van der Waals surface area contributed by atoms with Crippen LogP contribution < -0.4 is 5.32 Å². The number of benzene rings is 2. The maximum absolute atomic E-state index is 12.9. The van der Waals surface area contributed by atoms with E-state index in [0.717, 1.165) is 11.3 Å². The molecule has 1 fully saturated rings. The van der Waals surface area contributed by atoms with E-state index in [-0.39, 0.29) is 37.1 Å². The lowest BCUT2D eigenvalue weighted by Gasteiger charge is -2.22. The molecule has 0 radical (unpaired) electrons. The third kappa shape index (κ3) is 3.69. The van der Waals surface area contributed by atoms with Crippen molar-refractivity contribution in [3.05, 3.63) is 66.5 Å². The summed E-state index contributed by atoms with van der Waals surface area (Å²) in [6, 6.07) is 16.3. The predicted molar refractivity (Wildman–Crippen MR) is 108 cm³/mol. The molecule has 30 heavy (non-hydrogen) atoms. The monoisotopic (exact) mass is 404 g/mol. The first-order valence-electron chi connectivity index (χ1n) is 9.51. The van der Waals surface area contributed by atoms with E-state index in [0.29, 0.717) is 5.69 Å². The lowest BCUT2D eigenvalue weighted by molar-refractivity contribution is -0.139. The number of carbonyl (C=O) groups is 3. The van der Waals surface area contributed by atoms with Gasteiger partial charge in [0.25, 0.3) is 0 Å². The van der Waals surface area contributed by atoms with Crippen molar-refractivity contribution in [3.8, 4) is 5.69 Å². The van der Waals surface area contributed by atoms with Gasteiger partial charge < -0.3 is 5.32 Å². The van der Waals surface area contributed by atoms with Gasteiger partial charge in [0.15, 0.2) is 0 Å². The summed E-state index contributed by atoms with van der Waals surface area (Å²) in [5.41, 5.74) is 1.27. The molecule has 1 N–H and O–H groups in total. The molecule has 1 aliphatic rings. The Morgan fingerprint density at radius 1 is 1.10 bits per heavy atom. The third-order valence-corrected chi connectivity index (χ3v) is 5.26. The van der Waals surface area contributed by atoms with Crippen molar-refractivity contribution >= 4 is 23.4 Å². The molecule has 9 heteroatoms. The first-order valence-corrected chi connectivity index (χ1v) is 9.51. The Labute approximate surface area is 172 Å². The molecule has 0 unspecified atom stereocenters. The fourth-order valence-corrected chi connectivity index (χ4v) is 3.56. The van der Waals surface area contributed by atoms with E-state index in [1.165, 1.54) is 15.9 Å². The van der Waals surface area contributed by atoms with Crippen molar-refractivity contribution in [2.45, 2.75) is 25.2 Å². The number of anilines is 1. The molecule has 1 atom stereocenters. The minimum absolute atomic E-state index is 0.0249. The Kier molecular flexibility index (Phi) is 5.09. The number of aromatic nitrogens is 4. The van der Waals surface area contributed by atoms with Crippen LogP contribution in [0.15, 0.2) is 60.9 Å². The van der Waals surface area contributed by atoms with Crippen molar-refractivity contribution in [1.82, 2.24) is 25.1 Å². The quantitative estimate of drug-likeness (QED) is 0.626. The predicted octanol–water partition coefficient (Wildman–Crippen LogP) is 1.71. The van der Waals surface area contributed by atoms with Gasteiger partial charge in [0, 0.05) is 25.1 Å².